The zero-order chi connectivity index (χ0) is 12.5. The topological polar surface area (TPSA) is 64.0 Å². The van der Waals surface area contributed by atoms with Gasteiger partial charge in [0, 0.05) is 18.5 Å². The highest BCUT2D eigenvalue weighted by Crippen LogP contribution is 2.29. The van der Waals surface area contributed by atoms with Crippen LogP contribution in [0.1, 0.15) is 32.2 Å². The van der Waals surface area contributed by atoms with E-state index >= 15 is 0 Å². The lowest BCUT2D eigenvalue weighted by Gasteiger charge is -2.12. The number of sulfone groups is 1. The molecule has 0 bridgehead atoms. The molecular weight excluding hydrogens is 238 g/mol. The van der Waals surface area contributed by atoms with Crippen molar-refractivity contribution in [1.29, 1.82) is 0 Å². The van der Waals surface area contributed by atoms with Gasteiger partial charge in [0.2, 0.25) is 0 Å². The van der Waals surface area contributed by atoms with Crippen LogP contribution in [0.4, 0.5) is 0 Å². The maximum Gasteiger partial charge on any atom is 0.178 e. The third-order valence-electron chi connectivity index (χ3n) is 3.28. The second-order valence-electron chi connectivity index (χ2n) is 4.65. The first kappa shape index (κ1) is 12.6. The molecule has 96 valence electrons. The molecule has 0 aliphatic heterocycles. The summed E-state index contributed by atoms with van der Waals surface area (Å²) in [5.41, 5.74) is 0. The van der Waals surface area contributed by atoms with Gasteiger partial charge in [-0.15, -0.1) is 0 Å². The van der Waals surface area contributed by atoms with Gasteiger partial charge in [0.15, 0.2) is 9.84 Å². The van der Waals surface area contributed by atoms with Gasteiger partial charge in [-0.05, 0) is 25.8 Å². The number of rotatable bonds is 4. The third kappa shape index (κ3) is 2.87. The molecule has 1 aliphatic carbocycles. The van der Waals surface area contributed by atoms with E-state index < -0.39 is 9.84 Å². The molecule has 1 fully saturated rings. The van der Waals surface area contributed by atoms with Crippen LogP contribution in [-0.4, -0.2) is 37.0 Å². The number of aromatic nitrogens is 2. The predicted octanol–water partition coefficient (Wildman–Crippen LogP) is 0.990. The number of nitrogens with zero attached hydrogens (tertiary/aromatic N) is 2. The van der Waals surface area contributed by atoms with Crippen molar-refractivity contribution in [3.8, 4) is 0 Å². The quantitative estimate of drug-likeness (QED) is 0.873. The van der Waals surface area contributed by atoms with Crippen LogP contribution in [-0.2, 0) is 9.84 Å². The van der Waals surface area contributed by atoms with Crippen molar-refractivity contribution >= 4 is 9.84 Å². The number of hydrogen-bond donors (Lipinski definition) is 1. The monoisotopic (exact) mass is 257 g/mol. The normalized spacial score (nSPS) is 25.3. The molecule has 6 heteroatoms. The Bertz CT molecular complexity index is 481. The minimum atomic E-state index is -3.13. The zero-order valence-corrected chi connectivity index (χ0v) is 11.1. The molecule has 2 atom stereocenters. The molecule has 5 nitrogen and oxygen atoms in total. The summed E-state index contributed by atoms with van der Waals surface area (Å²) < 4.78 is 24.5. The Morgan fingerprint density at radius 3 is 2.88 bits per heavy atom. The first-order valence-electron chi connectivity index (χ1n) is 5.98. The first-order chi connectivity index (χ1) is 8.00. The zero-order valence-electron chi connectivity index (χ0n) is 10.3. The van der Waals surface area contributed by atoms with Crippen molar-refractivity contribution < 1.29 is 8.42 Å². The summed E-state index contributed by atoms with van der Waals surface area (Å²) in [6.07, 6.45) is 7.52. The van der Waals surface area contributed by atoms with E-state index in [1.807, 2.05) is 0 Å². The summed E-state index contributed by atoms with van der Waals surface area (Å²) >= 11 is 0. The maximum atomic E-state index is 11.4. The fourth-order valence-electron chi connectivity index (χ4n) is 2.38. The minimum Gasteiger partial charge on any atom is -0.314 e. The van der Waals surface area contributed by atoms with Crippen LogP contribution in [0.25, 0.3) is 0 Å². The van der Waals surface area contributed by atoms with Crippen LogP contribution in [0.2, 0.25) is 0 Å². The van der Waals surface area contributed by atoms with E-state index in [9.17, 15) is 8.42 Å². The maximum absolute atomic E-state index is 11.4. The average Bonchev–Trinajstić information content (AvgIpc) is 2.82. The van der Waals surface area contributed by atoms with E-state index in [0.29, 0.717) is 17.0 Å². The molecule has 0 amide bonds. The Labute approximate surface area is 102 Å². The smallest absolute Gasteiger partial charge is 0.178 e. The second-order valence-corrected chi connectivity index (χ2v) is 6.67. The summed E-state index contributed by atoms with van der Waals surface area (Å²) in [5.74, 6) is 0. The Balaban J connectivity index is 2.07. The molecule has 1 N–H and O–H groups in total. The van der Waals surface area contributed by atoms with Gasteiger partial charge in [0.05, 0.1) is 12.2 Å². The molecule has 1 aliphatic rings. The highest BCUT2D eigenvalue weighted by molar-refractivity contribution is 7.90. The van der Waals surface area contributed by atoms with E-state index in [1.54, 1.807) is 10.9 Å². The van der Waals surface area contributed by atoms with Crippen molar-refractivity contribution in [2.24, 2.45) is 0 Å². The van der Waals surface area contributed by atoms with Crippen molar-refractivity contribution in [2.45, 2.75) is 43.2 Å². The molecule has 1 aromatic rings. The molecule has 2 unspecified atom stereocenters. The molecule has 0 radical (unpaired) electrons. The SMILES string of the molecule is CCNC1CCC(n2cc(S(C)(=O)=O)cn2)C1. The summed E-state index contributed by atoms with van der Waals surface area (Å²) in [4.78, 5) is 0.310. The second kappa shape index (κ2) is 4.78. The molecule has 0 spiro atoms. The van der Waals surface area contributed by atoms with Crippen LogP contribution in [0.15, 0.2) is 17.3 Å². The number of nitrogens with one attached hydrogen (secondary N) is 1. The van der Waals surface area contributed by atoms with Gasteiger partial charge in [-0.1, -0.05) is 6.92 Å². The summed E-state index contributed by atoms with van der Waals surface area (Å²) in [6.45, 7) is 3.08. The number of hydrogen-bond acceptors (Lipinski definition) is 4. The Morgan fingerprint density at radius 2 is 2.29 bits per heavy atom. The molecule has 17 heavy (non-hydrogen) atoms. The Hall–Kier alpha value is -0.880. The van der Waals surface area contributed by atoms with Gasteiger partial charge in [-0.25, -0.2) is 8.42 Å². The molecule has 1 aromatic heterocycles. The molecule has 2 rings (SSSR count). The fraction of sp³-hybridized carbons (Fsp3) is 0.727. The van der Waals surface area contributed by atoms with Gasteiger partial charge in [-0.3, -0.25) is 4.68 Å². The molecule has 1 heterocycles. The van der Waals surface area contributed by atoms with Crippen molar-refractivity contribution in [2.75, 3.05) is 12.8 Å². The highest BCUT2D eigenvalue weighted by atomic mass is 32.2. The van der Waals surface area contributed by atoms with Crippen molar-refractivity contribution in [3.63, 3.8) is 0 Å². The fourth-order valence-corrected chi connectivity index (χ4v) is 2.92. The van der Waals surface area contributed by atoms with Crippen LogP contribution in [0.3, 0.4) is 0 Å². The lowest BCUT2D eigenvalue weighted by Crippen LogP contribution is -2.26. The van der Waals surface area contributed by atoms with E-state index in [1.165, 1.54) is 12.5 Å². The Kier molecular flexibility index (Phi) is 3.53. The summed E-state index contributed by atoms with van der Waals surface area (Å²) in [6, 6.07) is 0.866. The van der Waals surface area contributed by atoms with E-state index in [2.05, 4.69) is 17.3 Å². The van der Waals surface area contributed by atoms with Gasteiger partial charge in [0.1, 0.15) is 4.90 Å². The van der Waals surface area contributed by atoms with E-state index in [-0.39, 0.29) is 0 Å². The van der Waals surface area contributed by atoms with Gasteiger partial charge in [0.25, 0.3) is 0 Å². The van der Waals surface area contributed by atoms with Crippen LogP contribution < -0.4 is 5.32 Å². The third-order valence-corrected chi connectivity index (χ3v) is 4.34. The highest BCUT2D eigenvalue weighted by Gasteiger charge is 2.26. The van der Waals surface area contributed by atoms with Crippen molar-refractivity contribution in [3.05, 3.63) is 12.4 Å². The van der Waals surface area contributed by atoms with E-state index in [4.69, 9.17) is 0 Å². The molecule has 0 aromatic carbocycles. The van der Waals surface area contributed by atoms with Crippen molar-refractivity contribution in [1.82, 2.24) is 15.1 Å². The summed E-state index contributed by atoms with van der Waals surface area (Å²) in [7, 11) is -3.13. The molecular formula is C11H19N3O2S. The van der Waals surface area contributed by atoms with E-state index in [0.717, 1.165) is 25.8 Å². The predicted molar refractivity (Wildman–Crippen MR) is 65.7 cm³/mol. The van der Waals surface area contributed by atoms with Crippen LogP contribution in [0.5, 0.6) is 0 Å². The lowest BCUT2D eigenvalue weighted by atomic mass is 10.2. The van der Waals surface area contributed by atoms with Crippen LogP contribution >= 0.6 is 0 Å². The van der Waals surface area contributed by atoms with Gasteiger partial charge < -0.3 is 5.32 Å². The molecule has 1 saturated carbocycles. The average molecular weight is 257 g/mol. The molecule has 0 saturated heterocycles. The standard InChI is InChI=1S/C11H19N3O2S/c1-3-12-9-4-5-10(6-9)14-8-11(7-13-14)17(2,15)16/h7-10,12H,3-6H2,1-2H3. The first-order valence-corrected chi connectivity index (χ1v) is 7.87. The minimum absolute atomic E-state index is 0.310. The van der Waals surface area contributed by atoms with Gasteiger partial charge in [-0.2, -0.15) is 5.10 Å². The lowest BCUT2D eigenvalue weighted by molar-refractivity contribution is 0.444. The Morgan fingerprint density at radius 1 is 1.53 bits per heavy atom. The summed E-state index contributed by atoms with van der Waals surface area (Å²) in [5, 5.41) is 7.59. The van der Waals surface area contributed by atoms with Crippen LogP contribution in [0, 0.1) is 0 Å². The van der Waals surface area contributed by atoms with Gasteiger partial charge >= 0.3 is 0 Å². The largest absolute Gasteiger partial charge is 0.314 e.